The van der Waals surface area contributed by atoms with Gasteiger partial charge in [0.15, 0.2) is 16.4 Å². The molecule has 138 valence electrons. The third-order valence-electron chi connectivity index (χ3n) is 3.69. The molecule has 2 rings (SSSR count). The summed E-state index contributed by atoms with van der Waals surface area (Å²) in [5.74, 6) is -1.32. The van der Waals surface area contributed by atoms with E-state index in [2.05, 4.69) is 5.32 Å². The predicted octanol–water partition coefficient (Wildman–Crippen LogP) is 3.16. The summed E-state index contributed by atoms with van der Waals surface area (Å²) in [5, 5.41) is 2.64. The molecule has 1 amide bonds. The molecule has 26 heavy (non-hydrogen) atoms. The minimum Gasteiger partial charge on any atom is -0.452 e. The Morgan fingerprint density at radius 1 is 1.08 bits per heavy atom. The molecule has 0 saturated heterocycles. The van der Waals surface area contributed by atoms with Gasteiger partial charge in [-0.15, -0.1) is 0 Å². The fraction of sp³-hybridized carbons (Fsp3) is 0.222. The van der Waals surface area contributed by atoms with E-state index in [1.54, 1.807) is 6.07 Å². The summed E-state index contributed by atoms with van der Waals surface area (Å²) in [4.78, 5) is 23.8. The summed E-state index contributed by atoms with van der Waals surface area (Å²) >= 11 is 5.83. The van der Waals surface area contributed by atoms with E-state index in [-0.39, 0.29) is 15.5 Å². The molecule has 0 spiro atoms. The maximum Gasteiger partial charge on any atom is 0.338 e. The van der Waals surface area contributed by atoms with Gasteiger partial charge in [0.25, 0.3) is 5.91 Å². The maximum absolute atomic E-state index is 12.1. The van der Waals surface area contributed by atoms with Crippen molar-refractivity contribution in [3.05, 3.63) is 58.1 Å². The Hall–Kier alpha value is -2.38. The standard InChI is InChI=1S/C18H18ClNO5S/c1-11-4-6-14(8-12(11)2)20-17(21)10-25-18(22)13-5-7-15(19)16(9-13)26(3,23)24/h4-9H,10H2,1-3H3,(H,20,21). The van der Waals surface area contributed by atoms with E-state index >= 15 is 0 Å². The zero-order chi connectivity index (χ0) is 19.5. The Morgan fingerprint density at radius 2 is 1.77 bits per heavy atom. The molecule has 8 heteroatoms. The minimum absolute atomic E-state index is 0.00574. The molecule has 0 aliphatic carbocycles. The predicted molar refractivity (Wildman–Crippen MR) is 99.4 cm³/mol. The van der Waals surface area contributed by atoms with Crippen LogP contribution in [0.4, 0.5) is 5.69 Å². The number of carbonyl (C=O) groups excluding carboxylic acids is 2. The van der Waals surface area contributed by atoms with E-state index in [4.69, 9.17) is 16.3 Å². The SMILES string of the molecule is Cc1ccc(NC(=O)COC(=O)c2ccc(Cl)c(S(C)(=O)=O)c2)cc1C. The minimum atomic E-state index is -3.59. The van der Waals surface area contributed by atoms with Crippen LogP contribution in [0.25, 0.3) is 0 Å². The molecular formula is C18H18ClNO5S. The van der Waals surface area contributed by atoms with E-state index in [0.29, 0.717) is 5.69 Å². The van der Waals surface area contributed by atoms with Gasteiger partial charge >= 0.3 is 5.97 Å². The van der Waals surface area contributed by atoms with Gasteiger partial charge in [0.05, 0.1) is 15.5 Å². The fourth-order valence-electron chi connectivity index (χ4n) is 2.15. The Bertz CT molecular complexity index is 970. The van der Waals surface area contributed by atoms with Gasteiger partial charge in [0.2, 0.25) is 0 Å². The first kappa shape index (κ1) is 19.9. The first-order valence-corrected chi connectivity index (χ1v) is 9.88. The van der Waals surface area contributed by atoms with Gasteiger partial charge in [-0.2, -0.15) is 0 Å². The molecule has 0 fully saturated rings. The highest BCUT2D eigenvalue weighted by Crippen LogP contribution is 2.23. The zero-order valence-electron chi connectivity index (χ0n) is 14.5. The summed E-state index contributed by atoms with van der Waals surface area (Å²) in [6.07, 6.45) is 0.986. The molecule has 0 bridgehead atoms. The highest BCUT2D eigenvalue weighted by molar-refractivity contribution is 7.90. The number of esters is 1. The number of sulfone groups is 1. The van der Waals surface area contributed by atoms with Gasteiger partial charge in [-0.05, 0) is 55.3 Å². The second-order valence-corrected chi connectivity index (χ2v) is 8.23. The zero-order valence-corrected chi connectivity index (χ0v) is 16.1. The second-order valence-electron chi connectivity index (χ2n) is 5.84. The lowest BCUT2D eigenvalue weighted by Crippen LogP contribution is -2.21. The Morgan fingerprint density at radius 3 is 2.38 bits per heavy atom. The van der Waals surface area contributed by atoms with Crippen molar-refractivity contribution in [2.75, 3.05) is 18.2 Å². The summed E-state index contributed by atoms with van der Waals surface area (Å²) in [7, 11) is -3.59. The number of aryl methyl sites for hydroxylation is 2. The van der Waals surface area contributed by atoms with Crippen molar-refractivity contribution in [1.29, 1.82) is 0 Å². The number of hydrogen-bond donors (Lipinski definition) is 1. The van der Waals surface area contributed by atoms with Crippen LogP contribution in [0, 0.1) is 13.8 Å². The van der Waals surface area contributed by atoms with Gasteiger partial charge < -0.3 is 10.1 Å². The molecule has 2 aromatic rings. The number of benzene rings is 2. The van der Waals surface area contributed by atoms with Crippen LogP contribution in [0.3, 0.4) is 0 Å². The smallest absolute Gasteiger partial charge is 0.338 e. The van der Waals surface area contributed by atoms with Crippen molar-refractivity contribution in [3.63, 3.8) is 0 Å². The summed E-state index contributed by atoms with van der Waals surface area (Å²) in [6.45, 7) is 3.38. The molecule has 0 atom stereocenters. The van der Waals surface area contributed by atoms with Crippen LogP contribution in [-0.2, 0) is 19.4 Å². The first-order valence-electron chi connectivity index (χ1n) is 7.62. The second kappa shape index (κ2) is 7.88. The average Bonchev–Trinajstić information content (AvgIpc) is 2.55. The first-order chi connectivity index (χ1) is 12.1. The van der Waals surface area contributed by atoms with E-state index in [1.165, 1.54) is 12.1 Å². The number of amides is 1. The van der Waals surface area contributed by atoms with E-state index < -0.39 is 28.3 Å². The number of rotatable bonds is 5. The molecule has 0 radical (unpaired) electrons. The molecule has 0 heterocycles. The molecule has 0 saturated carbocycles. The molecule has 6 nitrogen and oxygen atoms in total. The fourth-order valence-corrected chi connectivity index (χ4v) is 3.45. The number of anilines is 1. The Balaban J connectivity index is 2.02. The quantitative estimate of drug-likeness (QED) is 0.785. The van der Waals surface area contributed by atoms with Crippen LogP contribution >= 0.6 is 11.6 Å². The van der Waals surface area contributed by atoms with Gasteiger partial charge in [-0.3, -0.25) is 4.79 Å². The number of carbonyl (C=O) groups is 2. The topological polar surface area (TPSA) is 89.5 Å². The van der Waals surface area contributed by atoms with Gasteiger partial charge in [0, 0.05) is 11.9 Å². The number of ether oxygens (including phenoxy) is 1. The summed E-state index contributed by atoms with van der Waals surface area (Å²) in [5.41, 5.74) is 2.71. The lowest BCUT2D eigenvalue weighted by molar-refractivity contribution is -0.119. The van der Waals surface area contributed by atoms with Crippen LogP contribution in [0.5, 0.6) is 0 Å². The highest BCUT2D eigenvalue weighted by atomic mass is 35.5. The maximum atomic E-state index is 12.1. The third kappa shape index (κ3) is 5.06. The van der Waals surface area contributed by atoms with Crippen molar-refractivity contribution in [3.8, 4) is 0 Å². The van der Waals surface area contributed by atoms with Crippen LogP contribution < -0.4 is 5.32 Å². The van der Waals surface area contributed by atoms with Gasteiger partial charge in [0.1, 0.15) is 0 Å². The molecular weight excluding hydrogens is 378 g/mol. The molecule has 0 aliphatic rings. The van der Waals surface area contributed by atoms with Crippen molar-refractivity contribution in [1.82, 2.24) is 0 Å². The van der Waals surface area contributed by atoms with Crippen LogP contribution in [0.15, 0.2) is 41.3 Å². The average molecular weight is 396 g/mol. The van der Waals surface area contributed by atoms with Crippen LogP contribution in [0.1, 0.15) is 21.5 Å². The lowest BCUT2D eigenvalue weighted by atomic mass is 10.1. The van der Waals surface area contributed by atoms with Crippen molar-refractivity contribution >= 4 is 39.0 Å². The van der Waals surface area contributed by atoms with Gasteiger partial charge in [-0.1, -0.05) is 17.7 Å². The molecule has 0 aliphatic heterocycles. The molecule has 2 aromatic carbocycles. The van der Waals surface area contributed by atoms with Crippen molar-refractivity contribution in [2.24, 2.45) is 0 Å². The summed E-state index contributed by atoms with van der Waals surface area (Å²) in [6, 6.07) is 9.19. The Kier molecular flexibility index (Phi) is 6.05. The monoisotopic (exact) mass is 395 g/mol. The molecule has 0 aromatic heterocycles. The number of nitrogens with one attached hydrogen (secondary N) is 1. The van der Waals surface area contributed by atoms with Crippen LogP contribution in [0.2, 0.25) is 5.02 Å². The summed E-state index contributed by atoms with van der Waals surface area (Å²) < 4.78 is 28.2. The Labute approximate surface area is 157 Å². The molecule has 1 N–H and O–H groups in total. The highest BCUT2D eigenvalue weighted by Gasteiger charge is 2.17. The van der Waals surface area contributed by atoms with Gasteiger partial charge in [-0.25, -0.2) is 13.2 Å². The van der Waals surface area contributed by atoms with Crippen molar-refractivity contribution in [2.45, 2.75) is 18.7 Å². The number of halogens is 1. The number of hydrogen-bond acceptors (Lipinski definition) is 5. The normalized spacial score (nSPS) is 11.1. The van der Waals surface area contributed by atoms with E-state index in [1.807, 2.05) is 26.0 Å². The van der Waals surface area contributed by atoms with E-state index in [9.17, 15) is 18.0 Å². The van der Waals surface area contributed by atoms with Crippen LogP contribution in [-0.4, -0.2) is 33.2 Å². The third-order valence-corrected chi connectivity index (χ3v) is 5.27. The lowest BCUT2D eigenvalue weighted by Gasteiger charge is -2.09. The van der Waals surface area contributed by atoms with E-state index in [0.717, 1.165) is 23.4 Å². The largest absolute Gasteiger partial charge is 0.452 e. The molecule has 0 unspecified atom stereocenters. The van der Waals surface area contributed by atoms with Crippen molar-refractivity contribution < 1.29 is 22.7 Å².